The van der Waals surface area contributed by atoms with Crippen molar-refractivity contribution in [1.82, 2.24) is 5.32 Å². The van der Waals surface area contributed by atoms with Gasteiger partial charge < -0.3 is 23.9 Å². The summed E-state index contributed by atoms with van der Waals surface area (Å²) in [4.78, 5) is 24.3. The van der Waals surface area contributed by atoms with Crippen LogP contribution in [0.3, 0.4) is 0 Å². The Hall–Kier alpha value is -3.48. The predicted molar refractivity (Wildman–Crippen MR) is 118 cm³/mol. The third-order valence-electron chi connectivity index (χ3n) is 4.92. The summed E-state index contributed by atoms with van der Waals surface area (Å²) < 4.78 is 21.6. The van der Waals surface area contributed by atoms with E-state index in [2.05, 4.69) is 12.2 Å². The molecule has 0 unspecified atom stereocenters. The maximum Gasteiger partial charge on any atom is 0.336 e. The van der Waals surface area contributed by atoms with Gasteiger partial charge in [-0.25, -0.2) is 4.79 Å². The van der Waals surface area contributed by atoms with Crippen LogP contribution in [0.1, 0.15) is 31.4 Å². The van der Waals surface area contributed by atoms with Gasteiger partial charge in [0.2, 0.25) is 0 Å². The van der Waals surface area contributed by atoms with E-state index < -0.39 is 11.7 Å². The van der Waals surface area contributed by atoms with E-state index in [-0.39, 0.29) is 5.91 Å². The van der Waals surface area contributed by atoms with E-state index >= 15 is 0 Å². The Kier molecular flexibility index (Phi) is 7.18. The summed E-state index contributed by atoms with van der Waals surface area (Å²) >= 11 is 0. The number of benzene rings is 2. The number of carbonyl (C=O) groups excluding carboxylic acids is 1. The van der Waals surface area contributed by atoms with Gasteiger partial charge in [-0.1, -0.05) is 19.4 Å². The molecule has 0 aliphatic heterocycles. The number of rotatable bonds is 9. The standard InChI is InChI=1S/C24H27NO6/c1-5-6-17-12-23(26)31-21-13-18(8-9-19(17)21)30-15(2)24(27)25-14-16-7-10-20(28-3)22(11-16)29-4/h7-13,15H,5-6,14H2,1-4H3,(H,25,27)/t15-/m0/s1. The average molecular weight is 425 g/mol. The molecule has 2 aromatic carbocycles. The van der Waals surface area contributed by atoms with Crippen molar-refractivity contribution in [1.29, 1.82) is 0 Å². The molecule has 0 aliphatic rings. The van der Waals surface area contributed by atoms with Crippen molar-refractivity contribution < 1.29 is 23.4 Å². The summed E-state index contributed by atoms with van der Waals surface area (Å²) in [5.41, 5.74) is 1.87. The monoisotopic (exact) mass is 425 g/mol. The number of amides is 1. The SMILES string of the molecule is CCCc1cc(=O)oc2cc(O[C@@H](C)C(=O)NCc3ccc(OC)c(OC)c3)ccc12. The lowest BCUT2D eigenvalue weighted by Gasteiger charge is -2.16. The molecule has 1 aromatic heterocycles. The van der Waals surface area contributed by atoms with E-state index in [1.165, 1.54) is 6.07 Å². The Balaban J connectivity index is 1.66. The summed E-state index contributed by atoms with van der Waals surface area (Å²) in [6.07, 6.45) is 0.980. The van der Waals surface area contributed by atoms with Gasteiger partial charge in [-0.05, 0) is 48.7 Å². The maximum atomic E-state index is 12.5. The highest BCUT2D eigenvalue weighted by Gasteiger charge is 2.16. The lowest BCUT2D eigenvalue weighted by Crippen LogP contribution is -2.35. The zero-order chi connectivity index (χ0) is 22.4. The average Bonchev–Trinajstić information content (AvgIpc) is 2.76. The second-order valence-corrected chi connectivity index (χ2v) is 7.17. The van der Waals surface area contributed by atoms with Crippen molar-refractivity contribution in [3.05, 3.63) is 64.0 Å². The minimum Gasteiger partial charge on any atom is -0.493 e. The highest BCUT2D eigenvalue weighted by molar-refractivity contribution is 5.83. The summed E-state index contributed by atoms with van der Waals surface area (Å²) in [6, 6.07) is 12.3. The second kappa shape index (κ2) is 10.0. The van der Waals surface area contributed by atoms with Gasteiger partial charge in [0, 0.05) is 24.1 Å². The van der Waals surface area contributed by atoms with Gasteiger partial charge in [-0.3, -0.25) is 4.79 Å². The molecule has 0 fully saturated rings. The molecule has 0 saturated heterocycles. The Morgan fingerprint density at radius 1 is 1.06 bits per heavy atom. The number of nitrogens with one attached hydrogen (secondary N) is 1. The van der Waals surface area contributed by atoms with Crippen LogP contribution in [-0.4, -0.2) is 26.2 Å². The van der Waals surface area contributed by atoms with Crippen LogP contribution in [0, 0.1) is 0 Å². The zero-order valence-electron chi connectivity index (χ0n) is 18.2. The van der Waals surface area contributed by atoms with Gasteiger partial charge in [-0.2, -0.15) is 0 Å². The minimum atomic E-state index is -0.733. The zero-order valence-corrected chi connectivity index (χ0v) is 18.2. The normalized spacial score (nSPS) is 11.7. The van der Waals surface area contributed by atoms with Crippen LogP contribution in [-0.2, 0) is 17.8 Å². The Morgan fingerprint density at radius 3 is 2.55 bits per heavy atom. The molecule has 0 radical (unpaired) electrons. The Morgan fingerprint density at radius 2 is 1.84 bits per heavy atom. The molecule has 164 valence electrons. The van der Waals surface area contributed by atoms with Crippen LogP contribution >= 0.6 is 0 Å². The first-order valence-corrected chi connectivity index (χ1v) is 10.2. The molecule has 3 rings (SSSR count). The van der Waals surface area contributed by atoms with E-state index in [4.69, 9.17) is 18.6 Å². The fourth-order valence-electron chi connectivity index (χ4n) is 3.34. The lowest BCUT2D eigenvalue weighted by atomic mass is 10.1. The first-order chi connectivity index (χ1) is 14.9. The van der Waals surface area contributed by atoms with Crippen LogP contribution < -0.4 is 25.2 Å². The number of fused-ring (bicyclic) bond motifs is 1. The van der Waals surface area contributed by atoms with E-state index in [1.54, 1.807) is 39.3 Å². The highest BCUT2D eigenvalue weighted by Crippen LogP contribution is 2.27. The van der Waals surface area contributed by atoms with Crippen LogP contribution in [0.4, 0.5) is 0 Å². The van der Waals surface area contributed by atoms with Crippen LogP contribution in [0.25, 0.3) is 11.0 Å². The molecule has 7 heteroatoms. The van der Waals surface area contributed by atoms with Crippen molar-refractivity contribution in [2.75, 3.05) is 14.2 Å². The molecule has 31 heavy (non-hydrogen) atoms. The molecule has 0 saturated carbocycles. The maximum absolute atomic E-state index is 12.5. The largest absolute Gasteiger partial charge is 0.493 e. The molecular weight excluding hydrogens is 398 g/mol. The number of aryl methyl sites for hydroxylation is 1. The van der Waals surface area contributed by atoms with Crippen LogP contribution in [0.2, 0.25) is 0 Å². The summed E-state index contributed by atoms with van der Waals surface area (Å²) in [5, 5.41) is 3.72. The van der Waals surface area contributed by atoms with Crippen molar-refractivity contribution in [2.24, 2.45) is 0 Å². The van der Waals surface area contributed by atoms with Gasteiger partial charge in [0.15, 0.2) is 17.6 Å². The van der Waals surface area contributed by atoms with Gasteiger partial charge in [0.1, 0.15) is 11.3 Å². The molecule has 1 N–H and O–H groups in total. The van der Waals surface area contributed by atoms with Gasteiger partial charge in [0.25, 0.3) is 5.91 Å². The molecule has 1 atom stereocenters. The Labute approximate surface area is 180 Å². The topological polar surface area (TPSA) is 87.0 Å². The fraction of sp³-hybridized carbons (Fsp3) is 0.333. The van der Waals surface area contributed by atoms with E-state index in [1.807, 2.05) is 18.2 Å². The van der Waals surface area contributed by atoms with Crippen LogP contribution in [0.15, 0.2) is 51.7 Å². The van der Waals surface area contributed by atoms with E-state index in [0.29, 0.717) is 29.4 Å². The third-order valence-corrected chi connectivity index (χ3v) is 4.92. The lowest BCUT2D eigenvalue weighted by molar-refractivity contribution is -0.127. The quantitative estimate of drug-likeness (QED) is 0.524. The molecule has 0 spiro atoms. The molecule has 1 heterocycles. The first-order valence-electron chi connectivity index (χ1n) is 10.2. The third kappa shape index (κ3) is 5.36. The van der Waals surface area contributed by atoms with E-state index in [0.717, 1.165) is 29.4 Å². The second-order valence-electron chi connectivity index (χ2n) is 7.17. The van der Waals surface area contributed by atoms with E-state index in [9.17, 15) is 9.59 Å². The molecular formula is C24H27NO6. The van der Waals surface area contributed by atoms with Crippen molar-refractivity contribution in [2.45, 2.75) is 39.3 Å². The summed E-state index contributed by atoms with van der Waals surface area (Å²) in [7, 11) is 3.13. The molecule has 0 bridgehead atoms. The number of hydrogen-bond donors (Lipinski definition) is 1. The number of carbonyl (C=O) groups is 1. The minimum absolute atomic E-state index is 0.268. The molecule has 1 amide bonds. The number of hydrogen-bond acceptors (Lipinski definition) is 6. The van der Waals surface area contributed by atoms with Gasteiger partial charge >= 0.3 is 5.63 Å². The summed E-state index contributed by atoms with van der Waals surface area (Å²) in [5.74, 6) is 1.41. The Bertz CT molecular complexity index is 1120. The van der Waals surface area contributed by atoms with Crippen molar-refractivity contribution >= 4 is 16.9 Å². The molecule has 7 nitrogen and oxygen atoms in total. The molecule has 0 aliphatic carbocycles. The van der Waals surface area contributed by atoms with Crippen LogP contribution in [0.5, 0.6) is 17.2 Å². The predicted octanol–water partition coefficient (Wildman–Crippen LogP) is 3.85. The van der Waals surface area contributed by atoms with Gasteiger partial charge in [0.05, 0.1) is 14.2 Å². The van der Waals surface area contributed by atoms with Gasteiger partial charge in [-0.15, -0.1) is 0 Å². The first kappa shape index (κ1) is 22.2. The molecule has 3 aromatic rings. The smallest absolute Gasteiger partial charge is 0.336 e. The fourth-order valence-corrected chi connectivity index (χ4v) is 3.34. The number of ether oxygens (including phenoxy) is 3. The van der Waals surface area contributed by atoms with Crippen molar-refractivity contribution in [3.63, 3.8) is 0 Å². The highest BCUT2D eigenvalue weighted by atomic mass is 16.5. The number of methoxy groups -OCH3 is 2. The summed E-state index contributed by atoms with van der Waals surface area (Å²) in [6.45, 7) is 4.04. The van der Waals surface area contributed by atoms with Crippen molar-refractivity contribution in [3.8, 4) is 17.2 Å².